The van der Waals surface area contributed by atoms with Crippen molar-refractivity contribution in [2.45, 2.75) is 12.8 Å². The van der Waals surface area contributed by atoms with Gasteiger partial charge in [0.05, 0.1) is 5.92 Å². The first-order valence-corrected chi connectivity index (χ1v) is 5.37. The summed E-state index contributed by atoms with van der Waals surface area (Å²) in [6.45, 7) is 0.232. The Balaban J connectivity index is 2.70. The van der Waals surface area contributed by atoms with E-state index in [0.29, 0.717) is 6.42 Å². The number of hydrogen-bond donors (Lipinski definition) is 2. The topological polar surface area (TPSA) is 55.1 Å². The molecule has 1 rings (SSSR count). The average molecular weight is 242 g/mol. The molecular formula is C12H16F2N2O. The van der Waals surface area contributed by atoms with Crippen LogP contribution >= 0.6 is 0 Å². The van der Waals surface area contributed by atoms with E-state index in [0.717, 1.165) is 5.56 Å². The molecule has 5 heteroatoms. The molecule has 3 nitrogen and oxygen atoms in total. The fourth-order valence-corrected chi connectivity index (χ4v) is 1.57. The van der Waals surface area contributed by atoms with Gasteiger partial charge in [0.25, 0.3) is 6.43 Å². The highest BCUT2D eigenvalue weighted by Gasteiger charge is 2.16. The highest BCUT2D eigenvalue weighted by Crippen LogP contribution is 2.19. The molecule has 0 bridgehead atoms. The monoisotopic (exact) mass is 242 g/mol. The fraction of sp³-hybridized carbons (Fsp3) is 0.417. The highest BCUT2D eigenvalue weighted by atomic mass is 19.3. The van der Waals surface area contributed by atoms with Crippen molar-refractivity contribution < 1.29 is 13.6 Å². The number of hydrogen-bond acceptors (Lipinski definition) is 2. The van der Waals surface area contributed by atoms with Crippen molar-refractivity contribution >= 4 is 5.91 Å². The van der Waals surface area contributed by atoms with Crippen molar-refractivity contribution in [3.05, 3.63) is 35.4 Å². The van der Waals surface area contributed by atoms with Crippen LogP contribution in [0.15, 0.2) is 24.3 Å². The Bertz CT molecular complexity index is 365. The second-order valence-corrected chi connectivity index (χ2v) is 3.79. The zero-order valence-corrected chi connectivity index (χ0v) is 9.62. The molecule has 0 aliphatic carbocycles. The number of alkyl halides is 2. The number of rotatable bonds is 5. The lowest BCUT2D eigenvalue weighted by Gasteiger charge is -2.13. The lowest BCUT2D eigenvalue weighted by atomic mass is 9.98. The van der Waals surface area contributed by atoms with E-state index in [1.807, 2.05) is 0 Å². The summed E-state index contributed by atoms with van der Waals surface area (Å²) >= 11 is 0. The number of carbonyl (C=O) groups is 1. The zero-order chi connectivity index (χ0) is 12.8. The predicted octanol–water partition coefficient (Wildman–Crippen LogP) is 1.49. The maximum absolute atomic E-state index is 12.3. The van der Waals surface area contributed by atoms with Crippen LogP contribution in [0.5, 0.6) is 0 Å². The van der Waals surface area contributed by atoms with Crippen LogP contribution in [0.1, 0.15) is 17.6 Å². The minimum Gasteiger partial charge on any atom is -0.359 e. The molecule has 0 aliphatic heterocycles. The number of amides is 1. The predicted molar refractivity (Wildman–Crippen MR) is 61.7 cm³/mol. The molecule has 0 aliphatic rings. The SMILES string of the molecule is CNC(=O)C(CN)Cc1ccc(C(F)F)cc1. The Labute approximate surface area is 99.0 Å². The van der Waals surface area contributed by atoms with E-state index in [2.05, 4.69) is 5.32 Å². The summed E-state index contributed by atoms with van der Waals surface area (Å²) in [5.41, 5.74) is 6.31. The van der Waals surface area contributed by atoms with Crippen molar-refractivity contribution in [2.75, 3.05) is 13.6 Å². The summed E-state index contributed by atoms with van der Waals surface area (Å²) in [6.07, 6.45) is -2.01. The Morgan fingerprint density at radius 1 is 1.35 bits per heavy atom. The summed E-state index contributed by atoms with van der Waals surface area (Å²) in [6, 6.07) is 5.95. The number of nitrogens with two attached hydrogens (primary N) is 1. The van der Waals surface area contributed by atoms with Gasteiger partial charge in [0, 0.05) is 19.2 Å². The molecule has 3 N–H and O–H groups in total. The zero-order valence-electron chi connectivity index (χ0n) is 9.62. The molecule has 0 saturated heterocycles. The fourth-order valence-electron chi connectivity index (χ4n) is 1.57. The van der Waals surface area contributed by atoms with E-state index in [1.54, 1.807) is 19.2 Å². The minimum absolute atomic E-state index is 0.0157. The van der Waals surface area contributed by atoms with Gasteiger partial charge in [-0.05, 0) is 12.0 Å². The molecule has 0 spiro atoms. The van der Waals surface area contributed by atoms with Gasteiger partial charge in [0.2, 0.25) is 5.91 Å². The van der Waals surface area contributed by atoms with Crippen LogP contribution in [-0.2, 0) is 11.2 Å². The molecule has 1 aromatic carbocycles. The molecule has 1 atom stereocenters. The third-order valence-corrected chi connectivity index (χ3v) is 2.62. The van der Waals surface area contributed by atoms with Crippen molar-refractivity contribution in [3.8, 4) is 0 Å². The van der Waals surface area contributed by atoms with Crippen LogP contribution < -0.4 is 11.1 Å². The van der Waals surface area contributed by atoms with Gasteiger partial charge in [-0.2, -0.15) is 0 Å². The second kappa shape index (κ2) is 6.30. The van der Waals surface area contributed by atoms with Crippen LogP contribution in [0.4, 0.5) is 8.78 Å². The van der Waals surface area contributed by atoms with Gasteiger partial charge in [-0.25, -0.2) is 8.78 Å². The molecule has 0 saturated carbocycles. The van der Waals surface area contributed by atoms with Gasteiger partial charge in [-0.1, -0.05) is 24.3 Å². The summed E-state index contributed by atoms with van der Waals surface area (Å²) < 4.78 is 24.7. The Morgan fingerprint density at radius 2 is 1.94 bits per heavy atom. The second-order valence-electron chi connectivity index (χ2n) is 3.79. The van der Waals surface area contributed by atoms with E-state index in [9.17, 15) is 13.6 Å². The summed E-state index contributed by atoms with van der Waals surface area (Å²) in [4.78, 5) is 11.4. The summed E-state index contributed by atoms with van der Waals surface area (Å²) in [7, 11) is 1.55. The first-order valence-electron chi connectivity index (χ1n) is 5.37. The van der Waals surface area contributed by atoms with Gasteiger partial charge >= 0.3 is 0 Å². The number of nitrogens with one attached hydrogen (secondary N) is 1. The van der Waals surface area contributed by atoms with E-state index in [4.69, 9.17) is 5.73 Å². The van der Waals surface area contributed by atoms with Crippen LogP contribution in [-0.4, -0.2) is 19.5 Å². The molecule has 1 aromatic rings. The normalized spacial score (nSPS) is 12.5. The van der Waals surface area contributed by atoms with Gasteiger partial charge in [-0.3, -0.25) is 4.79 Å². The Kier molecular flexibility index (Phi) is 5.03. The maximum atomic E-state index is 12.3. The van der Waals surface area contributed by atoms with Crippen molar-refractivity contribution in [1.82, 2.24) is 5.32 Å². The molecular weight excluding hydrogens is 226 g/mol. The van der Waals surface area contributed by atoms with E-state index >= 15 is 0 Å². The minimum atomic E-state index is -2.46. The molecule has 17 heavy (non-hydrogen) atoms. The quantitative estimate of drug-likeness (QED) is 0.821. The van der Waals surface area contributed by atoms with Gasteiger partial charge in [0.15, 0.2) is 0 Å². The molecule has 94 valence electrons. The number of halogens is 2. The number of benzene rings is 1. The average Bonchev–Trinajstić information content (AvgIpc) is 2.35. The van der Waals surface area contributed by atoms with Gasteiger partial charge < -0.3 is 11.1 Å². The third-order valence-electron chi connectivity index (χ3n) is 2.62. The van der Waals surface area contributed by atoms with Gasteiger partial charge in [-0.15, -0.1) is 0 Å². The van der Waals surface area contributed by atoms with Crippen LogP contribution in [0.2, 0.25) is 0 Å². The summed E-state index contributed by atoms with van der Waals surface area (Å²) in [5, 5.41) is 2.53. The highest BCUT2D eigenvalue weighted by molar-refractivity contribution is 5.78. The smallest absolute Gasteiger partial charge is 0.263 e. The van der Waals surface area contributed by atoms with E-state index < -0.39 is 6.43 Å². The Hall–Kier alpha value is -1.49. The van der Waals surface area contributed by atoms with Crippen molar-refractivity contribution in [2.24, 2.45) is 11.7 Å². The van der Waals surface area contributed by atoms with Crippen molar-refractivity contribution in [3.63, 3.8) is 0 Å². The first-order chi connectivity index (χ1) is 8.08. The molecule has 0 fully saturated rings. The molecule has 0 radical (unpaired) electrons. The summed E-state index contributed by atoms with van der Waals surface area (Å²) in [5.74, 6) is -0.456. The van der Waals surface area contributed by atoms with E-state index in [1.165, 1.54) is 12.1 Å². The number of carbonyl (C=O) groups excluding carboxylic acids is 1. The first kappa shape index (κ1) is 13.6. The largest absolute Gasteiger partial charge is 0.359 e. The van der Waals surface area contributed by atoms with Crippen LogP contribution in [0.25, 0.3) is 0 Å². The molecule has 0 heterocycles. The van der Waals surface area contributed by atoms with Crippen molar-refractivity contribution in [1.29, 1.82) is 0 Å². The van der Waals surface area contributed by atoms with Crippen LogP contribution in [0, 0.1) is 5.92 Å². The molecule has 0 aromatic heterocycles. The lowest BCUT2D eigenvalue weighted by molar-refractivity contribution is -0.124. The van der Waals surface area contributed by atoms with Gasteiger partial charge in [0.1, 0.15) is 0 Å². The maximum Gasteiger partial charge on any atom is 0.263 e. The molecule has 1 unspecified atom stereocenters. The Morgan fingerprint density at radius 3 is 2.35 bits per heavy atom. The van der Waals surface area contributed by atoms with E-state index in [-0.39, 0.29) is 23.9 Å². The lowest BCUT2D eigenvalue weighted by Crippen LogP contribution is -2.34. The third kappa shape index (κ3) is 3.78. The molecule has 1 amide bonds. The standard InChI is InChI=1S/C12H16F2N2O/c1-16-12(17)10(7-15)6-8-2-4-9(5-3-8)11(13)14/h2-5,10-11H,6-7,15H2,1H3,(H,16,17). The van der Waals surface area contributed by atoms with Crippen LogP contribution in [0.3, 0.4) is 0 Å².